The number of rotatable bonds is 6. The summed E-state index contributed by atoms with van der Waals surface area (Å²) >= 11 is 6.02. The van der Waals surface area contributed by atoms with Crippen molar-refractivity contribution in [2.24, 2.45) is 5.92 Å². The fourth-order valence-corrected chi connectivity index (χ4v) is 3.30. The van der Waals surface area contributed by atoms with Gasteiger partial charge in [0, 0.05) is 30.7 Å². The van der Waals surface area contributed by atoms with Gasteiger partial charge >= 0.3 is 0 Å². The molecule has 20 heavy (non-hydrogen) atoms. The van der Waals surface area contributed by atoms with Crippen LogP contribution in [0.25, 0.3) is 0 Å². The van der Waals surface area contributed by atoms with Crippen molar-refractivity contribution in [1.29, 1.82) is 0 Å². The van der Waals surface area contributed by atoms with Gasteiger partial charge in [0.15, 0.2) is 0 Å². The number of hydrogen-bond donors (Lipinski definition) is 1. The Morgan fingerprint density at radius 2 is 2.10 bits per heavy atom. The maximum Gasteiger partial charge on any atom is 0.0409 e. The van der Waals surface area contributed by atoms with Crippen LogP contribution in [0, 0.1) is 5.92 Å². The molecular formula is C17H27ClN2. The first-order chi connectivity index (χ1) is 9.65. The molecule has 0 saturated heterocycles. The first kappa shape index (κ1) is 15.8. The lowest BCUT2D eigenvalue weighted by Gasteiger charge is -2.30. The van der Waals surface area contributed by atoms with Crippen molar-refractivity contribution in [1.82, 2.24) is 10.2 Å². The van der Waals surface area contributed by atoms with Crippen molar-refractivity contribution >= 4 is 11.6 Å². The lowest BCUT2D eigenvalue weighted by molar-refractivity contribution is 0.258. The minimum absolute atomic E-state index is 0.725. The van der Waals surface area contributed by atoms with Crippen LogP contribution in [-0.2, 0) is 6.54 Å². The SMILES string of the molecule is CC1CCCCC1NCCN(C)Cc1cccc(Cl)c1. The van der Waals surface area contributed by atoms with Gasteiger partial charge in [-0.05, 0) is 43.5 Å². The Hall–Kier alpha value is -0.570. The van der Waals surface area contributed by atoms with Crippen molar-refractivity contribution in [3.05, 3.63) is 34.9 Å². The Balaban J connectivity index is 1.68. The molecule has 112 valence electrons. The van der Waals surface area contributed by atoms with E-state index in [1.165, 1.54) is 31.2 Å². The lowest BCUT2D eigenvalue weighted by atomic mass is 9.86. The number of nitrogens with zero attached hydrogens (tertiary/aromatic N) is 1. The largest absolute Gasteiger partial charge is 0.312 e. The monoisotopic (exact) mass is 294 g/mol. The molecule has 0 heterocycles. The van der Waals surface area contributed by atoms with Crippen LogP contribution in [0.3, 0.4) is 0 Å². The predicted molar refractivity (Wildman–Crippen MR) is 87.2 cm³/mol. The van der Waals surface area contributed by atoms with Gasteiger partial charge in [0.25, 0.3) is 0 Å². The molecule has 3 heteroatoms. The van der Waals surface area contributed by atoms with Gasteiger partial charge in [-0.1, -0.05) is 43.5 Å². The Morgan fingerprint density at radius 3 is 2.85 bits per heavy atom. The zero-order valence-electron chi connectivity index (χ0n) is 12.7. The summed E-state index contributed by atoms with van der Waals surface area (Å²) in [7, 11) is 2.17. The quantitative estimate of drug-likeness (QED) is 0.855. The molecule has 1 aliphatic carbocycles. The van der Waals surface area contributed by atoms with Gasteiger partial charge in [-0.15, -0.1) is 0 Å². The number of benzene rings is 1. The molecule has 1 fully saturated rings. The predicted octanol–water partition coefficient (Wildman–Crippen LogP) is 3.94. The van der Waals surface area contributed by atoms with E-state index < -0.39 is 0 Å². The molecule has 0 radical (unpaired) electrons. The average Bonchev–Trinajstić information content (AvgIpc) is 2.41. The van der Waals surface area contributed by atoms with Crippen LogP contribution < -0.4 is 5.32 Å². The van der Waals surface area contributed by atoms with Crippen LogP contribution in [0.5, 0.6) is 0 Å². The molecule has 2 unspecified atom stereocenters. The van der Waals surface area contributed by atoms with Crippen molar-refractivity contribution < 1.29 is 0 Å². The van der Waals surface area contributed by atoms with Crippen LogP contribution in [0.15, 0.2) is 24.3 Å². The summed E-state index contributed by atoms with van der Waals surface area (Å²) in [5.41, 5.74) is 1.28. The van der Waals surface area contributed by atoms with E-state index in [0.29, 0.717) is 0 Å². The Labute approximate surface area is 128 Å². The fraction of sp³-hybridized carbons (Fsp3) is 0.647. The minimum Gasteiger partial charge on any atom is -0.312 e. The van der Waals surface area contributed by atoms with Gasteiger partial charge in [-0.2, -0.15) is 0 Å². The number of likely N-dealkylation sites (N-methyl/N-ethyl adjacent to an activating group) is 1. The maximum atomic E-state index is 6.02. The molecule has 1 saturated carbocycles. The van der Waals surface area contributed by atoms with E-state index in [2.05, 4.69) is 36.3 Å². The van der Waals surface area contributed by atoms with Crippen LogP contribution in [0.1, 0.15) is 38.2 Å². The highest BCUT2D eigenvalue weighted by Gasteiger charge is 2.20. The summed E-state index contributed by atoms with van der Waals surface area (Å²) in [4.78, 5) is 2.35. The zero-order valence-corrected chi connectivity index (χ0v) is 13.5. The summed E-state index contributed by atoms with van der Waals surface area (Å²) in [6.45, 7) is 5.50. The maximum absolute atomic E-state index is 6.02. The van der Waals surface area contributed by atoms with Crippen LogP contribution in [0.4, 0.5) is 0 Å². The van der Waals surface area contributed by atoms with Crippen molar-refractivity contribution in [3.63, 3.8) is 0 Å². The van der Waals surface area contributed by atoms with Gasteiger partial charge in [0.1, 0.15) is 0 Å². The zero-order chi connectivity index (χ0) is 14.4. The molecular weight excluding hydrogens is 268 g/mol. The molecule has 0 bridgehead atoms. The number of halogens is 1. The second kappa shape index (κ2) is 8.02. The number of hydrogen-bond acceptors (Lipinski definition) is 2. The van der Waals surface area contributed by atoms with Gasteiger partial charge in [0.2, 0.25) is 0 Å². The molecule has 0 amide bonds. The van der Waals surface area contributed by atoms with Gasteiger partial charge in [0.05, 0.1) is 0 Å². The molecule has 1 N–H and O–H groups in total. The Bertz CT molecular complexity index is 408. The smallest absolute Gasteiger partial charge is 0.0409 e. The van der Waals surface area contributed by atoms with E-state index in [4.69, 9.17) is 11.6 Å². The topological polar surface area (TPSA) is 15.3 Å². The molecule has 2 nitrogen and oxygen atoms in total. The lowest BCUT2D eigenvalue weighted by Crippen LogP contribution is -2.40. The molecule has 0 aliphatic heterocycles. The van der Waals surface area contributed by atoms with E-state index in [0.717, 1.165) is 36.6 Å². The summed E-state index contributed by atoms with van der Waals surface area (Å²) < 4.78 is 0. The van der Waals surface area contributed by atoms with E-state index in [9.17, 15) is 0 Å². The van der Waals surface area contributed by atoms with Crippen LogP contribution in [0.2, 0.25) is 5.02 Å². The van der Waals surface area contributed by atoms with Gasteiger partial charge in [-0.3, -0.25) is 0 Å². The van der Waals surface area contributed by atoms with E-state index in [-0.39, 0.29) is 0 Å². The van der Waals surface area contributed by atoms with Gasteiger partial charge < -0.3 is 10.2 Å². The third-order valence-corrected chi connectivity index (χ3v) is 4.59. The summed E-state index contributed by atoms with van der Waals surface area (Å²) in [6.07, 6.45) is 5.53. The van der Waals surface area contributed by atoms with Crippen LogP contribution >= 0.6 is 11.6 Å². The molecule has 1 aromatic carbocycles. The molecule has 2 rings (SSSR count). The van der Waals surface area contributed by atoms with Crippen molar-refractivity contribution in [3.8, 4) is 0 Å². The first-order valence-corrected chi connectivity index (χ1v) is 8.19. The second-order valence-electron chi connectivity index (χ2n) is 6.19. The van der Waals surface area contributed by atoms with E-state index >= 15 is 0 Å². The minimum atomic E-state index is 0.725. The van der Waals surface area contributed by atoms with Gasteiger partial charge in [-0.25, -0.2) is 0 Å². The highest BCUT2D eigenvalue weighted by Crippen LogP contribution is 2.23. The summed E-state index contributed by atoms with van der Waals surface area (Å²) in [5.74, 6) is 0.835. The van der Waals surface area contributed by atoms with E-state index in [1.54, 1.807) is 0 Å². The van der Waals surface area contributed by atoms with Crippen LogP contribution in [-0.4, -0.2) is 31.1 Å². The molecule has 0 spiro atoms. The summed E-state index contributed by atoms with van der Waals surface area (Å²) in [6, 6.07) is 8.86. The highest BCUT2D eigenvalue weighted by molar-refractivity contribution is 6.30. The molecule has 0 aromatic heterocycles. The normalized spacial score (nSPS) is 23.2. The molecule has 2 atom stereocenters. The summed E-state index contributed by atoms with van der Waals surface area (Å²) in [5, 5.41) is 4.56. The first-order valence-electron chi connectivity index (χ1n) is 7.81. The van der Waals surface area contributed by atoms with Crippen molar-refractivity contribution in [2.45, 2.75) is 45.2 Å². The Kier molecular flexibility index (Phi) is 6.34. The van der Waals surface area contributed by atoms with Crippen molar-refractivity contribution in [2.75, 3.05) is 20.1 Å². The highest BCUT2D eigenvalue weighted by atomic mass is 35.5. The van der Waals surface area contributed by atoms with E-state index in [1.807, 2.05) is 12.1 Å². The average molecular weight is 295 g/mol. The molecule has 1 aromatic rings. The molecule has 1 aliphatic rings. The standard InChI is InChI=1S/C17H27ClN2/c1-14-6-3-4-9-17(14)19-10-11-20(2)13-15-7-5-8-16(18)12-15/h5,7-8,12,14,17,19H,3-4,6,9-11,13H2,1-2H3. The third-order valence-electron chi connectivity index (χ3n) is 4.35. The Morgan fingerprint density at radius 1 is 1.30 bits per heavy atom. The third kappa shape index (κ3) is 5.08. The fourth-order valence-electron chi connectivity index (χ4n) is 3.09. The second-order valence-corrected chi connectivity index (χ2v) is 6.63. The number of nitrogens with one attached hydrogen (secondary N) is 1.